The van der Waals surface area contributed by atoms with Crippen LogP contribution in [0.5, 0.6) is 0 Å². The van der Waals surface area contributed by atoms with Crippen molar-refractivity contribution in [2.75, 3.05) is 6.54 Å². The Kier molecular flexibility index (Phi) is 7.66. The molecule has 0 bridgehead atoms. The molecule has 1 rings (SSSR count). The highest BCUT2D eigenvalue weighted by molar-refractivity contribution is 6.83. The summed E-state index contributed by atoms with van der Waals surface area (Å²) in [5.41, 5.74) is 2.14. The molecule has 0 amide bonds. The topological polar surface area (TPSA) is 12.4 Å². The molecule has 0 aromatic carbocycles. The van der Waals surface area contributed by atoms with E-state index in [0.29, 0.717) is 5.54 Å². The molecule has 0 aliphatic carbocycles. The van der Waals surface area contributed by atoms with Crippen LogP contribution in [-0.4, -0.2) is 20.3 Å². The molecule has 2 heteroatoms. The SMILES string of the molecule is C=CC(C1=NCCCCCC1)[Si](C)(CCC)CCC. The van der Waals surface area contributed by atoms with Crippen molar-refractivity contribution in [3.8, 4) is 0 Å². The van der Waals surface area contributed by atoms with Crippen LogP contribution in [0.25, 0.3) is 0 Å². The van der Waals surface area contributed by atoms with Crippen molar-refractivity contribution in [1.29, 1.82) is 0 Å². The number of rotatable bonds is 7. The average molecular weight is 280 g/mol. The van der Waals surface area contributed by atoms with Gasteiger partial charge in [-0.1, -0.05) is 64.2 Å². The molecule has 0 saturated carbocycles. The lowest BCUT2D eigenvalue weighted by Gasteiger charge is -2.35. The summed E-state index contributed by atoms with van der Waals surface area (Å²) in [4.78, 5) is 4.97. The summed E-state index contributed by atoms with van der Waals surface area (Å²) in [7, 11) is -1.25. The molecule has 19 heavy (non-hydrogen) atoms. The van der Waals surface area contributed by atoms with E-state index in [4.69, 9.17) is 4.99 Å². The monoisotopic (exact) mass is 279 g/mol. The zero-order valence-electron chi connectivity index (χ0n) is 13.4. The van der Waals surface area contributed by atoms with Gasteiger partial charge in [0.25, 0.3) is 0 Å². The molecule has 0 N–H and O–H groups in total. The van der Waals surface area contributed by atoms with Gasteiger partial charge in [-0.15, -0.1) is 6.58 Å². The lowest BCUT2D eigenvalue weighted by molar-refractivity contribution is 0.640. The normalized spacial score (nSPS) is 19.2. The number of aliphatic imine (C=N–C) groups is 1. The van der Waals surface area contributed by atoms with Crippen LogP contribution in [0, 0.1) is 0 Å². The van der Waals surface area contributed by atoms with Crippen LogP contribution < -0.4 is 0 Å². The van der Waals surface area contributed by atoms with Crippen LogP contribution in [0.15, 0.2) is 17.6 Å². The zero-order valence-corrected chi connectivity index (χ0v) is 14.4. The second-order valence-corrected chi connectivity index (χ2v) is 11.3. The van der Waals surface area contributed by atoms with Crippen molar-refractivity contribution >= 4 is 13.8 Å². The highest BCUT2D eigenvalue weighted by Crippen LogP contribution is 2.36. The van der Waals surface area contributed by atoms with Crippen LogP contribution in [0.1, 0.15) is 58.8 Å². The summed E-state index contributed by atoms with van der Waals surface area (Å²) in [6, 6.07) is 2.85. The lowest BCUT2D eigenvalue weighted by atomic mass is 10.0. The molecule has 1 aliphatic rings. The van der Waals surface area contributed by atoms with E-state index in [-0.39, 0.29) is 0 Å². The van der Waals surface area contributed by atoms with Crippen molar-refractivity contribution in [2.24, 2.45) is 4.99 Å². The van der Waals surface area contributed by atoms with Gasteiger partial charge in [-0.3, -0.25) is 4.99 Å². The van der Waals surface area contributed by atoms with Crippen LogP contribution in [0.3, 0.4) is 0 Å². The third-order valence-corrected chi connectivity index (χ3v) is 10.00. The first kappa shape index (κ1) is 16.7. The van der Waals surface area contributed by atoms with Gasteiger partial charge in [-0.2, -0.15) is 0 Å². The van der Waals surface area contributed by atoms with E-state index >= 15 is 0 Å². The Balaban J connectivity index is 2.90. The first-order valence-electron chi connectivity index (χ1n) is 8.33. The summed E-state index contributed by atoms with van der Waals surface area (Å²) >= 11 is 0. The van der Waals surface area contributed by atoms with Crippen molar-refractivity contribution in [1.82, 2.24) is 0 Å². The summed E-state index contributed by atoms with van der Waals surface area (Å²) in [5.74, 6) is 0. The van der Waals surface area contributed by atoms with E-state index in [2.05, 4.69) is 33.0 Å². The Bertz CT molecular complexity index is 290. The van der Waals surface area contributed by atoms with Gasteiger partial charge in [0.15, 0.2) is 0 Å². The Morgan fingerprint density at radius 1 is 1.16 bits per heavy atom. The lowest BCUT2D eigenvalue weighted by Crippen LogP contribution is -2.39. The predicted octanol–water partition coefficient (Wildman–Crippen LogP) is 5.85. The molecule has 1 unspecified atom stereocenters. The quantitative estimate of drug-likeness (QED) is 0.409. The molecule has 0 fully saturated rings. The van der Waals surface area contributed by atoms with Crippen molar-refractivity contribution < 1.29 is 0 Å². The summed E-state index contributed by atoms with van der Waals surface area (Å²) in [6.45, 7) is 12.5. The van der Waals surface area contributed by atoms with Gasteiger partial charge in [-0.05, 0) is 19.3 Å². The fourth-order valence-corrected chi connectivity index (χ4v) is 8.49. The zero-order chi connectivity index (χ0) is 14.1. The molecule has 0 aromatic rings. The van der Waals surface area contributed by atoms with Gasteiger partial charge in [0, 0.05) is 17.8 Å². The number of hydrogen-bond donors (Lipinski definition) is 0. The minimum Gasteiger partial charge on any atom is -0.294 e. The Labute approximate surface area is 121 Å². The van der Waals surface area contributed by atoms with Crippen LogP contribution >= 0.6 is 0 Å². The molecule has 1 heterocycles. The molecule has 1 atom stereocenters. The van der Waals surface area contributed by atoms with Crippen LogP contribution in [0.4, 0.5) is 0 Å². The molecular formula is C17H33NSi. The van der Waals surface area contributed by atoms with Gasteiger partial charge in [0.2, 0.25) is 0 Å². The molecule has 110 valence electrons. The van der Waals surface area contributed by atoms with Gasteiger partial charge >= 0.3 is 0 Å². The highest BCUT2D eigenvalue weighted by Gasteiger charge is 2.35. The van der Waals surface area contributed by atoms with E-state index in [1.807, 2.05) is 0 Å². The van der Waals surface area contributed by atoms with Gasteiger partial charge in [-0.25, -0.2) is 0 Å². The third-order valence-electron chi connectivity index (χ3n) is 4.64. The molecule has 1 nitrogen and oxygen atoms in total. The first-order chi connectivity index (χ1) is 9.18. The van der Waals surface area contributed by atoms with Crippen LogP contribution in [-0.2, 0) is 0 Å². The summed E-state index contributed by atoms with van der Waals surface area (Å²) in [5, 5.41) is 0. The number of hydrogen-bond acceptors (Lipinski definition) is 1. The van der Waals surface area contributed by atoms with E-state index in [1.165, 1.54) is 62.7 Å². The summed E-state index contributed by atoms with van der Waals surface area (Å²) in [6.07, 6.45) is 11.5. The minimum atomic E-state index is -1.25. The molecular weight excluding hydrogens is 246 g/mol. The first-order valence-corrected chi connectivity index (χ1v) is 11.3. The van der Waals surface area contributed by atoms with Gasteiger partial charge in [0.1, 0.15) is 0 Å². The second-order valence-electron chi connectivity index (χ2n) is 6.40. The average Bonchev–Trinajstić information content (AvgIpc) is 2.33. The Morgan fingerprint density at radius 3 is 2.37 bits per heavy atom. The van der Waals surface area contributed by atoms with Gasteiger partial charge < -0.3 is 0 Å². The summed E-state index contributed by atoms with van der Waals surface area (Å²) < 4.78 is 0. The molecule has 0 aromatic heterocycles. The maximum Gasteiger partial charge on any atom is 0.0641 e. The van der Waals surface area contributed by atoms with Crippen LogP contribution in [0.2, 0.25) is 24.2 Å². The fraction of sp³-hybridized carbons (Fsp3) is 0.824. The molecule has 0 radical (unpaired) electrons. The van der Waals surface area contributed by atoms with Gasteiger partial charge in [0.05, 0.1) is 8.07 Å². The predicted molar refractivity (Wildman–Crippen MR) is 91.1 cm³/mol. The van der Waals surface area contributed by atoms with E-state index in [1.54, 1.807) is 0 Å². The molecule has 0 saturated heterocycles. The second kappa shape index (κ2) is 8.73. The highest BCUT2D eigenvalue weighted by atomic mass is 28.3. The van der Waals surface area contributed by atoms with E-state index in [0.717, 1.165) is 6.54 Å². The maximum absolute atomic E-state index is 4.97. The Morgan fingerprint density at radius 2 is 1.79 bits per heavy atom. The smallest absolute Gasteiger partial charge is 0.0641 e. The largest absolute Gasteiger partial charge is 0.294 e. The fourth-order valence-electron chi connectivity index (χ4n) is 3.73. The molecule has 1 aliphatic heterocycles. The van der Waals surface area contributed by atoms with E-state index in [9.17, 15) is 0 Å². The number of nitrogens with zero attached hydrogens (tertiary/aromatic N) is 1. The number of allylic oxidation sites excluding steroid dienone is 1. The van der Waals surface area contributed by atoms with E-state index < -0.39 is 8.07 Å². The third kappa shape index (κ3) is 4.90. The minimum absolute atomic E-state index is 0.630. The Hall–Kier alpha value is -0.373. The maximum atomic E-state index is 4.97. The van der Waals surface area contributed by atoms with Crippen molar-refractivity contribution in [3.05, 3.63) is 12.7 Å². The van der Waals surface area contributed by atoms with Crippen molar-refractivity contribution in [3.63, 3.8) is 0 Å². The van der Waals surface area contributed by atoms with Crippen molar-refractivity contribution in [2.45, 2.75) is 83.0 Å². The molecule has 0 spiro atoms. The standard InChI is InChI=1S/C17H33NSi/c1-5-14-19(4,15-6-2)17(7-3)16-12-10-8-9-11-13-18-16/h7,17H,3,5-6,8-15H2,1-2,4H3.